The average molecular weight is 626 g/mol. The maximum absolute atomic E-state index is 13.8. The average Bonchev–Trinajstić information content (AvgIpc) is 3.67. The number of H-pyrrole nitrogens is 2. The molecule has 0 bridgehead atoms. The van der Waals surface area contributed by atoms with Gasteiger partial charge in [0, 0.05) is 48.4 Å². The maximum atomic E-state index is 13.8. The van der Waals surface area contributed by atoms with Crippen molar-refractivity contribution in [1.29, 1.82) is 0 Å². The van der Waals surface area contributed by atoms with E-state index in [1.54, 1.807) is 6.20 Å². The van der Waals surface area contributed by atoms with E-state index in [1.165, 1.54) is 12.5 Å². The van der Waals surface area contributed by atoms with Gasteiger partial charge in [0.2, 0.25) is 17.7 Å². The molecule has 0 aliphatic carbocycles. The smallest absolute Gasteiger partial charge is 0.326 e. The summed E-state index contributed by atoms with van der Waals surface area (Å²) in [5.74, 6) is -3.29. The Balaban J connectivity index is 1.82. The number of carboxylic acid groups (broad SMARTS) is 1. The molecule has 1 aromatic carbocycles. The van der Waals surface area contributed by atoms with Gasteiger partial charge in [-0.15, -0.1) is 0 Å². The molecule has 4 unspecified atom stereocenters. The van der Waals surface area contributed by atoms with Crippen LogP contribution in [0.2, 0.25) is 0 Å². The van der Waals surface area contributed by atoms with Crippen LogP contribution >= 0.6 is 0 Å². The summed E-state index contributed by atoms with van der Waals surface area (Å²) in [6.07, 6.45) is 6.80. The van der Waals surface area contributed by atoms with Crippen LogP contribution < -0.4 is 38.9 Å². The topological polar surface area (TPSA) is 286 Å². The number of nitrogens with two attached hydrogens (primary N) is 4. The second-order valence-corrected chi connectivity index (χ2v) is 10.7. The molecule has 3 aromatic rings. The third-order valence-corrected chi connectivity index (χ3v) is 7.21. The highest BCUT2D eigenvalue weighted by molar-refractivity contribution is 5.95. The lowest BCUT2D eigenvalue weighted by molar-refractivity contribution is -0.142. The van der Waals surface area contributed by atoms with Crippen molar-refractivity contribution in [1.82, 2.24) is 30.9 Å². The lowest BCUT2D eigenvalue weighted by Crippen LogP contribution is -2.58. The van der Waals surface area contributed by atoms with Gasteiger partial charge in [-0.3, -0.25) is 19.4 Å². The van der Waals surface area contributed by atoms with Gasteiger partial charge in [0.15, 0.2) is 5.96 Å². The molecule has 14 N–H and O–H groups in total. The molecule has 2 aromatic heterocycles. The summed E-state index contributed by atoms with van der Waals surface area (Å²) >= 11 is 0. The number of unbranched alkanes of at least 4 members (excludes halogenated alkanes) is 1. The lowest BCUT2D eigenvalue weighted by Gasteiger charge is -2.25. The Hall–Kier alpha value is -4.96. The molecule has 0 saturated carbocycles. The number of hydrogen-bond donors (Lipinski definition) is 10. The van der Waals surface area contributed by atoms with Gasteiger partial charge in [-0.25, -0.2) is 9.78 Å². The SMILES string of the molecule is NCCCCC(N)C(=O)NC(Cc1c[nH]c2ccccc12)C(=O)NC(Cc1cnc[nH]1)C(=O)NC(CCCN=C(N)N)C(=O)O. The summed E-state index contributed by atoms with van der Waals surface area (Å²) in [5, 5.41) is 18.6. The molecule has 244 valence electrons. The molecule has 0 fully saturated rings. The molecule has 0 spiro atoms. The fourth-order valence-electron chi connectivity index (χ4n) is 4.78. The lowest BCUT2D eigenvalue weighted by atomic mass is 10.0. The summed E-state index contributed by atoms with van der Waals surface area (Å²) < 4.78 is 0. The van der Waals surface area contributed by atoms with Crippen LogP contribution in [-0.2, 0) is 32.0 Å². The molecule has 0 aliphatic heterocycles. The zero-order valence-electron chi connectivity index (χ0n) is 25.0. The maximum Gasteiger partial charge on any atom is 0.326 e. The number of carbonyl (C=O) groups is 4. The van der Waals surface area contributed by atoms with Crippen molar-refractivity contribution < 1.29 is 24.3 Å². The number of para-hydroxylation sites is 1. The van der Waals surface area contributed by atoms with Crippen molar-refractivity contribution in [2.24, 2.45) is 27.9 Å². The number of carboxylic acids is 1. The minimum absolute atomic E-state index is 0.0235. The number of carbonyl (C=O) groups excluding carboxylic acids is 3. The third-order valence-electron chi connectivity index (χ3n) is 7.21. The van der Waals surface area contributed by atoms with Gasteiger partial charge < -0.3 is 54.0 Å². The quantitative estimate of drug-likeness (QED) is 0.0428. The molecular formula is C29H43N11O5. The van der Waals surface area contributed by atoms with Crippen LogP contribution in [0.5, 0.6) is 0 Å². The highest BCUT2D eigenvalue weighted by Crippen LogP contribution is 2.19. The van der Waals surface area contributed by atoms with Crippen molar-refractivity contribution >= 4 is 40.6 Å². The predicted molar refractivity (Wildman–Crippen MR) is 169 cm³/mol. The van der Waals surface area contributed by atoms with Crippen molar-refractivity contribution in [2.75, 3.05) is 13.1 Å². The summed E-state index contributed by atoms with van der Waals surface area (Å²) in [6, 6.07) is 3.07. The Bertz CT molecular complexity index is 1440. The Labute approximate surface area is 260 Å². The van der Waals surface area contributed by atoms with Gasteiger partial charge in [0.1, 0.15) is 18.1 Å². The summed E-state index contributed by atoms with van der Waals surface area (Å²) in [4.78, 5) is 66.1. The van der Waals surface area contributed by atoms with E-state index < -0.39 is 47.9 Å². The number of hydrogen-bond acceptors (Lipinski definition) is 8. The van der Waals surface area contributed by atoms with Crippen molar-refractivity contribution in [3.05, 3.63) is 54.2 Å². The standard InChI is InChI=1S/C29H43N11O5/c30-10-4-3-7-20(31)25(41)39-23(12-17-14-36-21-8-2-1-6-19(17)21)26(42)40-24(13-18-15-34-16-37-18)27(43)38-22(28(44)45)9-5-11-35-29(32)33/h1-2,6,8,14-16,20,22-24,36H,3-5,7,9-13,30-31H2,(H,34,37)(H,38,43)(H,39,41)(H,40,42)(H,44,45)(H4,32,33,35). The highest BCUT2D eigenvalue weighted by atomic mass is 16.4. The van der Waals surface area contributed by atoms with E-state index in [0.29, 0.717) is 31.5 Å². The molecule has 2 heterocycles. The second kappa shape index (κ2) is 17.4. The minimum atomic E-state index is -1.26. The molecule has 45 heavy (non-hydrogen) atoms. The van der Waals surface area contributed by atoms with Crippen LogP contribution in [0.3, 0.4) is 0 Å². The number of aliphatic carboxylic acids is 1. The van der Waals surface area contributed by atoms with Crippen LogP contribution in [0, 0.1) is 0 Å². The monoisotopic (exact) mass is 625 g/mol. The first kappa shape index (κ1) is 34.5. The number of rotatable bonds is 19. The molecule has 4 atom stereocenters. The fourth-order valence-corrected chi connectivity index (χ4v) is 4.78. The molecule has 0 saturated heterocycles. The number of nitrogens with zero attached hydrogens (tertiary/aromatic N) is 2. The van der Waals surface area contributed by atoms with Crippen LogP contribution in [0.4, 0.5) is 0 Å². The molecular weight excluding hydrogens is 582 g/mol. The summed E-state index contributed by atoms with van der Waals surface area (Å²) in [5.41, 5.74) is 24.5. The van der Waals surface area contributed by atoms with Crippen molar-refractivity contribution in [3.8, 4) is 0 Å². The zero-order chi connectivity index (χ0) is 32.8. The van der Waals surface area contributed by atoms with Crippen LogP contribution in [0.1, 0.15) is 43.4 Å². The van der Waals surface area contributed by atoms with E-state index in [2.05, 4.69) is 35.9 Å². The number of guanidine groups is 1. The van der Waals surface area contributed by atoms with E-state index in [-0.39, 0.29) is 38.2 Å². The number of aliphatic imine (C=N–C) groups is 1. The number of nitrogens with one attached hydrogen (secondary N) is 5. The zero-order valence-corrected chi connectivity index (χ0v) is 25.0. The summed E-state index contributed by atoms with van der Waals surface area (Å²) in [7, 11) is 0. The second-order valence-electron chi connectivity index (χ2n) is 10.7. The Kier molecular flexibility index (Phi) is 13.3. The Morgan fingerprint density at radius 3 is 2.24 bits per heavy atom. The largest absolute Gasteiger partial charge is 0.480 e. The molecule has 3 amide bonds. The van der Waals surface area contributed by atoms with E-state index in [1.807, 2.05) is 24.3 Å². The molecule has 16 heteroatoms. The van der Waals surface area contributed by atoms with E-state index in [0.717, 1.165) is 16.5 Å². The Morgan fingerprint density at radius 1 is 0.889 bits per heavy atom. The normalized spacial score (nSPS) is 13.7. The number of imidazole rings is 1. The first-order chi connectivity index (χ1) is 21.6. The molecule has 0 radical (unpaired) electrons. The van der Waals surface area contributed by atoms with Crippen molar-refractivity contribution in [3.63, 3.8) is 0 Å². The number of aromatic nitrogens is 3. The van der Waals surface area contributed by atoms with Gasteiger partial charge in [-0.1, -0.05) is 24.6 Å². The first-order valence-corrected chi connectivity index (χ1v) is 14.8. The first-order valence-electron chi connectivity index (χ1n) is 14.8. The predicted octanol–water partition coefficient (Wildman–Crippen LogP) is -1.27. The van der Waals surface area contributed by atoms with Crippen LogP contribution in [0.25, 0.3) is 10.9 Å². The van der Waals surface area contributed by atoms with Crippen molar-refractivity contribution in [2.45, 2.75) is 69.1 Å². The number of aromatic amines is 2. The minimum Gasteiger partial charge on any atom is -0.480 e. The molecule has 3 rings (SSSR count). The number of amides is 3. The van der Waals surface area contributed by atoms with Gasteiger partial charge in [0.25, 0.3) is 0 Å². The third kappa shape index (κ3) is 10.9. The van der Waals surface area contributed by atoms with Gasteiger partial charge >= 0.3 is 5.97 Å². The van der Waals surface area contributed by atoms with Gasteiger partial charge in [0.05, 0.1) is 12.4 Å². The van der Waals surface area contributed by atoms with E-state index in [4.69, 9.17) is 22.9 Å². The van der Waals surface area contributed by atoms with E-state index in [9.17, 15) is 24.3 Å². The summed E-state index contributed by atoms with van der Waals surface area (Å²) in [6.45, 7) is 0.651. The number of benzene rings is 1. The fraction of sp³-hybridized carbons (Fsp3) is 0.448. The number of fused-ring (bicyclic) bond motifs is 1. The van der Waals surface area contributed by atoms with E-state index >= 15 is 0 Å². The molecule has 0 aliphatic rings. The van der Waals surface area contributed by atoms with Crippen LogP contribution in [-0.4, -0.2) is 87.0 Å². The van der Waals surface area contributed by atoms with Crippen LogP contribution in [0.15, 0.2) is 48.0 Å². The van der Waals surface area contributed by atoms with Gasteiger partial charge in [-0.05, 0) is 43.9 Å². The highest BCUT2D eigenvalue weighted by Gasteiger charge is 2.31. The molecule has 16 nitrogen and oxygen atoms in total. The van der Waals surface area contributed by atoms with Gasteiger partial charge in [-0.2, -0.15) is 0 Å². The Morgan fingerprint density at radius 2 is 1.58 bits per heavy atom.